The van der Waals surface area contributed by atoms with Crippen LogP contribution >= 0.6 is 0 Å². The lowest BCUT2D eigenvalue weighted by atomic mass is 9.51. The molecule has 4 fully saturated rings. The molecule has 1 aromatic rings. The van der Waals surface area contributed by atoms with Gasteiger partial charge in [0.25, 0.3) is 0 Å². The van der Waals surface area contributed by atoms with Crippen molar-refractivity contribution in [2.45, 2.75) is 44.4 Å². The smallest absolute Gasteiger partial charge is 0.129 e. The monoisotopic (exact) mass is 271 g/mol. The van der Waals surface area contributed by atoms with E-state index in [-0.39, 0.29) is 0 Å². The predicted molar refractivity (Wildman–Crippen MR) is 79.4 cm³/mol. The molecule has 3 nitrogen and oxygen atoms in total. The Morgan fingerprint density at radius 2 is 1.80 bits per heavy atom. The summed E-state index contributed by atoms with van der Waals surface area (Å²) in [4.78, 5) is 9.34. The van der Waals surface area contributed by atoms with Gasteiger partial charge in [-0.05, 0) is 68.9 Å². The maximum absolute atomic E-state index is 4.91. The van der Waals surface area contributed by atoms with Crippen molar-refractivity contribution in [2.75, 3.05) is 13.6 Å². The number of rotatable bonds is 4. The van der Waals surface area contributed by atoms with Crippen LogP contribution in [0.2, 0.25) is 0 Å². The van der Waals surface area contributed by atoms with Crippen molar-refractivity contribution in [1.29, 1.82) is 0 Å². The van der Waals surface area contributed by atoms with E-state index in [1.807, 2.05) is 13.2 Å². The van der Waals surface area contributed by atoms with Gasteiger partial charge >= 0.3 is 0 Å². The van der Waals surface area contributed by atoms with Crippen LogP contribution < -0.4 is 5.32 Å². The Kier molecular flexibility index (Phi) is 3.25. The molecule has 4 aliphatic rings. The Morgan fingerprint density at radius 1 is 1.10 bits per heavy atom. The SMILES string of the molecule is CNCCc1nccc(C2C3CC4CC(C3)CC2C4)n1. The molecular formula is C17H25N3. The van der Waals surface area contributed by atoms with Crippen LogP contribution in [0.25, 0.3) is 0 Å². The van der Waals surface area contributed by atoms with Gasteiger partial charge in [-0.3, -0.25) is 0 Å². The van der Waals surface area contributed by atoms with Crippen molar-refractivity contribution < 1.29 is 0 Å². The summed E-state index contributed by atoms with van der Waals surface area (Å²) in [5.74, 6) is 5.67. The third kappa shape index (κ3) is 2.16. The molecule has 20 heavy (non-hydrogen) atoms. The van der Waals surface area contributed by atoms with Crippen LogP contribution in [0.5, 0.6) is 0 Å². The van der Waals surface area contributed by atoms with Crippen molar-refractivity contribution in [1.82, 2.24) is 15.3 Å². The number of nitrogens with zero attached hydrogens (tertiary/aromatic N) is 2. The molecule has 1 N–H and O–H groups in total. The predicted octanol–water partition coefficient (Wildman–Crippen LogP) is 2.78. The Labute approximate surface area is 121 Å². The van der Waals surface area contributed by atoms with Crippen LogP contribution in [0.1, 0.15) is 49.5 Å². The highest BCUT2D eigenvalue weighted by atomic mass is 14.9. The van der Waals surface area contributed by atoms with Gasteiger partial charge in [-0.2, -0.15) is 0 Å². The van der Waals surface area contributed by atoms with E-state index >= 15 is 0 Å². The van der Waals surface area contributed by atoms with Gasteiger partial charge in [0, 0.05) is 30.8 Å². The first-order chi connectivity index (χ1) is 9.83. The van der Waals surface area contributed by atoms with Crippen molar-refractivity contribution in [3.05, 3.63) is 23.8 Å². The molecular weight excluding hydrogens is 246 g/mol. The highest BCUT2D eigenvalue weighted by molar-refractivity contribution is 5.16. The van der Waals surface area contributed by atoms with Gasteiger partial charge in [0.2, 0.25) is 0 Å². The molecule has 0 saturated heterocycles. The average molecular weight is 271 g/mol. The molecule has 1 heterocycles. The van der Waals surface area contributed by atoms with E-state index in [0.717, 1.165) is 48.4 Å². The van der Waals surface area contributed by atoms with Gasteiger partial charge in [0.15, 0.2) is 0 Å². The first-order valence-corrected chi connectivity index (χ1v) is 8.30. The van der Waals surface area contributed by atoms with Gasteiger partial charge < -0.3 is 5.32 Å². The van der Waals surface area contributed by atoms with E-state index in [4.69, 9.17) is 4.98 Å². The molecule has 0 radical (unpaired) electrons. The van der Waals surface area contributed by atoms with Gasteiger partial charge in [-0.25, -0.2) is 9.97 Å². The van der Waals surface area contributed by atoms with Gasteiger partial charge in [-0.15, -0.1) is 0 Å². The maximum atomic E-state index is 4.91. The van der Waals surface area contributed by atoms with Crippen molar-refractivity contribution in [3.63, 3.8) is 0 Å². The van der Waals surface area contributed by atoms with Crippen molar-refractivity contribution in [3.8, 4) is 0 Å². The largest absolute Gasteiger partial charge is 0.319 e. The van der Waals surface area contributed by atoms with E-state index in [9.17, 15) is 0 Å². The Morgan fingerprint density at radius 3 is 2.45 bits per heavy atom. The lowest BCUT2D eigenvalue weighted by Gasteiger charge is -2.54. The summed E-state index contributed by atoms with van der Waals surface area (Å²) in [5, 5.41) is 3.19. The first kappa shape index (κ1) is 12.8. The summed E-state index contributed by atoms with van der Waals surface area (Å²) in [6.45, 7) is 0.963. The topological polar surface area (TPSA) is 37.8 Å². The summed E-state index contributed by atoms with van der Waals surface area (Å²) in [7, 11) is 1.99. The molecule has 3 heteroatoms. The molecule has 0 aromatic carbocycles. The molecule has 108 valence electrons. The molecule has 4 bridgehead atoms. The molecule has 4 aliphatic carbocycles. The first-order valence-electron chi connectivity index (χ1n) is 8.30. The Bertz CT molecular complexity index is 457. The van der Waals surface area contributed by atoms with E-state index < -0.39 is 0 Å². The van der Waals surface area contributed by atoms with Crippen LogP contribution in [0, 0.1) is 23.7 Å². The van der Waals surface area contributed by atoms with Crippen LogP contribution in [0.4, 0.5) is 0 Å². The zero-order valence-corrected chi connectivity index (χ0v) is 12.4. The summed E-state index contributed by atoms with van der Waals surface area (Å²) in [6.07, 6.45) is 10.3. The highest BCUT2D eigenvalue weighted by Gasteiger charge is 2.49. The standard InChI is InChI=1S/C17H25N3/c1-18-4-3-16-19-5-2-15(20-16)17-13-7-11-6-12(9-13)10-14(17)8-11/h2,5,11-14,17-18H,3-4,6-10H2,1H3. The molecule has 0 atom stereocenters. The number of aromatic nitrogens is 2. The van der Waals surface area contributed by atoms with Crippen molar-refractivity contribution in [2.24, 2.45) is 23.7 Å². The van der Waals surface area contributed by atoms with Crippen LogP contribution in [-0.4, -0.2) is 23.6 Å². The normalized spacial score (nSPS) is 38.4. The quantitative estimate of drug-likeness (QED) is 0.915. The second kappa shape index (κ2) is 5.10. The summed E-state index contributed by atoms with van der Waals surface area (Å²) in [5.41, 5.74) is 1.35. The number of hydrogen-bond donors (Lipinski definition) is 1. The molecule has 0 spiro atoms. The molecule has 0 aliphatic heterocycles. The van der Waals surface area contributed by atoms with Crippen molar-refractivity contribution >= 4 is 0 Å². The Balaban J connectivity index is 1.58. The summed E-state index contributed by atoms with van der Waals surface area (Å²) in [6, 6.07) is 2.19. The summed E-state index contributed by atoms with van der Waals surface area (Å²) < 4.78 is 0. The molecule has 0 amide bonds. The number of hydrogen-bond acceptors (Lipinski definition) is 3. The van der Waals surface area contributed by atoms with E-state index in [1.165, 1.54) is 37.8 Å². The Hall–Kier alpha value is -0.960. The maximum Gasteiger partial charge on any atom is 0.129 e. The fraction of sp³-hybridized carbons (Fsp3) is 0.765. The third-order valence-electron chi connectivity index (χ3n) is 5.89. The number of likely N-dealkylation sites (N-methyl/N-ethyl adjacent to an activating group) is 1. The number of nitrogens with one attached hydrogen (secondary N) is 1. The van der Waals surface area contributed by atoms with Gasteiger partial charge in [-0.1, -0.05) is 0 Å². The van der Waals surface area contributed by atoms with Gasteiger partial charge in [0.1, 0.15) is 5.82 Å². The van der Waals surface area contributed by atoms with Crippen LogP contribution in [0.3, 0.4) is 0 Å². The summed E-state index contributed by atoms with van der Waals surface area (Å²) >= 11 is 0. The molecule has 0 unspecified atom stereocenters. The fourth-order valence-electron chi connectivity index (χ4n) is 5.37. The molecule has 5 rings (SSSR count). The lowest BCUT2D eigenvalue weighted by Crippen LogP contribution is -2.44. The van der Waals surface area contributed by atoms with Gasteiger partial charge in [0.05, 0.1) is 0 Å². The minimum Gasteiger partial charge on any atom is -0.319 e. The second-order valence-electron chi connectivity index (χ2n) is 7.21. The zero-order valence-electron chi connectivity index (χ0n) is 12.4. The van der Waals surface area contributed by atoms with Crippen LogP contribution in [-0.2, 0) is 6.42 Å². The second-order valence-corrected chi connectivity index (χ2v) is 7.21. The molecule has 1 aromatic heterocycles. The van der Waals surface area contributed by atoms with E-state index in [0.29, 0.717) is 0 Å². The fourth-order valence-corrected chi connectivity index (χ4v) is 5.37. The lowest BCUT2D eigenvalue weighted by molar-refractivity contribution is -0.00425. The minimum absolute atomic E-state index is 0.735. The third-order valence-corrected chi connectivity index (χ3v) is 5.89. The minimum atomic E-state index is 0.735. The molecule has 4 saturated carbocycles. The zero-order chi connectivity index (χ0) is 13.5. The highest BCUT2D eigenvalue weighted by Crippen LogP contribution is 2.59. The average Bonchev–Trinajstić information content (AvgIpc) is 2.44. The van der Waals surface area contributed by atoms with E-state index in [1.54, 1.807) is 0 Å². The van der Waals surface area contributed by atoms with E-state index in [2.05, 4.69) is 16.4 Å². The van der Waals surface area contributed by atoms with Crippen LogP contribution in [0.15, 0.2) is 12.3 Å².